The molecule has 1 N–H and O–H groups in total. The minimum absolute atomic E-state index is 0.0508. The third kappa shape index (κ3) is 3.43. The zero-order valence-corrected chi connectivity index (χ0v) is 12.7. The van der Waals surface area contributed by atoms with Crippen LogP contribution in [0, 0.1) is 0 Å². The number of esters is 1. The summed E-state index contributed by atoms with van der Waals surface area (Å²) in [7, 11) is 1.82. The third-order valence-corrected chi connectivity index (χ3v) is 3.73. The number of ketones is 1. The molecule has 0 unspecified atom stereocenters. The van der Waals surface area contributed by atoms with Gasteiger partial charge in [0.1, 0.15) is 11.2 Å². The van der Waals surface area contributed by atoms with Gasteiger partial charge in [-0.2, -0.15) is 0 Å². The zero-order valence-electron chi connectivity index (χ0n) is 11.9. The minimum Gasteiger partial charge on any atom is -0.461 e. The van der Waals surface area contributed by atoms with Crippen molar-refractivity contribution in [2.45, 2.75) is 20.4 Å². The van der Waals surface area contributed by atoms with Crippen LogP contribution in [0.1, 0.15) is 39.8 Å². The zero-order chi connectivity index (χ0) is 15.4. The van der Waals surface area contributed by atoms with E-state index < -0.39 is 5.97 Å². The highest BCUT2D eigenvalue weighted by Crippen LogP contribution is 2.24. The number of Topliss-reactive ketones (excluding diaryl/α,β-unsaturated/α-hetero) is 1. The SMILES string of the molecule is CCOC(=O)c1nc(NCc2nncn2C)sc1C(C)=O. The van der Waals surface area contributed by atoms with Gasteiger partial charge in [-0.05, 0) is 6.92 Å². The smallest absolute Gasteiger partial charge is 0.358 e. The van der Waals surface area contributed by atoms with Gasteiger partial charge >= 0.3 is 5.97 Å². The quantitative estimate of drug-likeness (QED) is 0.633. The first-order chi connectivity index (χ1) is 10.0. The molecule has 0 saturated heterocycles. The number of thiazole rings is 1. The van der Waals surface area contributed by atoms with E-state index in [1.165, 1.54) is 6.92 Å². The first kappa shape index (κ1) is 15.1. The second kappa shape index (κ2) is 6.44. The Morgan fingerprint density at radius 3 is 2.81 bits per heavy atom. The molecule has 2 aromatic heterocycles. The highest BCUT2D eigenvalue weighted by molar-refractivity contribution is 7.17. The van der Waals surface area contributed by atoms with E-state index in [2.05, 4.69) is 20.5 Å². The van der Waals surface area contributed by atoms with Crippen molar-refractivity contribution in [1.82, 2.24) is 19.7 Å². The highest BCUT2D eigenvalue weighted by Gasteiger charge is 2.22. The Labute approximate surface area is 125 Å². The summed E-state index contributed by atoms with van der Waals surface area (Å²) in [5, 5.41) is 11.2. The van der Waals surface area contributed by atoms with Crippen molar-refractivity contribution in [1.29, 1.82) is 0 Å². The van der Waals surface area contributed by atoms with Gasteiger partial charge in [-0.25, -0.2) is 9.78 Å². The number of aromatic nitrogens is 4. The molecule has 2 rings (SSSR count). The number of carbonyl (C=O) groups is 2. The molecule has 0 aliphatic carbocycles. The van der Waals surface area contributed by atoms with Gasteiger partial charge in [0.05, 0.1) is 13.2 Å². The molecule has 9 heteroatoms. The largest absolute Gasteiger partial charge is 0.461 e. The van der Waals surface area contributed by atoms with E-state index >= 15 is 0 Å². The number of ether oxygens (including phenoxy) is 1. The summed E-state index contributed by atoms with van der Waals surface area (Å²) in [5.74, 6) is -0.0971. The molecule has 0 fully saturated rings. The third-order valence-electron chi connectivity index (χ3n) is 2.62. The summed E-state index contributed by atoms with van der Waals surface area (Å²) in [6.45, 7) is 3.71. The Morgan fingerprint density at radius 2 is 2.24 bits per heavy atom. The predicted octanol–water partition coefficient (Wildman–Crippen LogP) is 1.26. The van der Waals surface area contributed by atoms with Crippen molar-refractivity contribution in [3.63, 3.8) is 0 Å². The molecule has 0 atom stereocenters. The molecule has 112 valence electrons. The van der Waals surface area contributed by atoms with Crippen LogP contribution >= 0.6 is 11.3 Å². The van der Waals surface area contributed by atoms with Crippen LogP contribution in [0.3, 0.4) is 0 Å². The lowest BCUT2D eigenvalue weighted by Gasteiger charge is -2.01. The standard InChI is InChI=1S/C12H15N5O3S/c1-4-20-11(19)9-10(7(2)18)21-12(15-9)13-5-8-16-14-6-17(8)3/h6H,4-5H2,1-3H3,(H,13,15). The normalized spacial score (nSPS) is 10.4. The Kier molecular flexibility index (Phi) is 4.63. The summed E-state index contributed by atoms with van der Waals surface area (Å²) < 4.78 is 6.66. The molecule has 0 bridgehead atoms. The van der Waals surface area contributed by atoms with E-state index in [9.17, 15) is 9.59 Å². The van der Waals surface area contributed by atoms with Crippen LogP contribution < -0.4 is 5.32 Å². The Morgan fingerprint density at radius 1 is 1.48 bits per heavy atom. The van der Waals surface area contributed by atoms with Gasteiger partial charge in [0.15, 0.2) is 22.4 Å². The number of rotatable bonds is 6. The van der Waals surface area contributed by atoms with Gasteiger partial charge in [0, 0.05) is 14.0 Å². The van der Waals surface area contributed by atoms with E-state index in [1.54, 1.807) is 17.8 Å². The van der Waals surface area contributed by atoms with Crippen LogP contribution in [0.2, 0.25) is 0 Å². The first-order valence-corrected chi connectivity index (χ1v) is 7.10. The fraction of sp³-hybridized carbons (Fsp3) is 0.417. The maximum Gasteiger partial charge on any atom is 0.358 e. The maximum absolute atomic E-state index is 11.8. The van der Waals surface area contributed by atoms with Crippen LogP contribution in [0.15, 0.2) is 6.33 Å². The lowest BCUT2D eigenvalue weighted by Crippen LogP contribution is -2.10. The second-order valence-electron chi connectivity index (χ2n) is 4.19. The van der Waals surface area contributed by atoms with Crippen molar-refractivity contribution < 1.29 is 14.3 Å². The summed E-state index contributed by atoms with van der Waals surface area (Å²) >= 11 is 1.12. The Hall–Kier alpha value is -2.29. The van der Waals surface area contributed by atoms with Crippen molar-refractivity contribution in [2.24, 2.45) is 7.05 Å². The number of nitrogens with one attached hydrogen (secondary N) is 1. The fourth-order valence-corrected chi connectivity index (χ4v) is 2.44. The molecule has 0 aliphatic rings. The topological polar surface area (TPSA) is 99.0 Å². The number of hydrogen-bond acceptors (Lipinski definition) is 8. The molecule has 0 saturated carbocycles. The molecular weight excluding hydrogens is 294 g/mol. The summed E-state index contributed by atoms with van der Waals surface area (Å²) in [6, 6.07) is 0. The van der Waals surface area contributed by atoms with Crippen LogP contribution in [0.5, 0.6) is 0 Å². The van der Waals surface area contributed by atoms with Gasteiger partial charge in [0.2, 0.25) is 0 Å². The average Bonchev–Trinajstić information content (AvgIpc) is 3.03. The van der Waals surface area contributed by atoms with Crippen molar-refractivity contribution in [3.8, 4) is 0 Å². The first-order valence-electron chi connectivity index (χ1n) is 6.28. The molecular formula is C12H15N5O3S. The summed E-state index contributed by atoms with van der Waals surface area (Å²) in [4.78, 5) is 27.8. The van der Waals surface area contributed by atoms with Gasteiger partial charge in [-0.15, -0.1) is 10.2 Å². The van der Waals surface area contributed by atoms with Gasteiger partial charge < -0.3 is 14.6 Å². The average molecular weight is 309 g/mol. The molecule has 2 aromatic rings. The molecule has 0 radical (unpaired) electrons. The monoisotopic (exact) mass is 309 g/mol. The van der Waals surface area contributed by atoms with Crippen molar-refractivity contribution in [3.05, 3.63) is 22.7 Å². The maximum atomic E-state index is 11.8. The van der Waals surface area contributed by atoms with Gasteiger partial charge in [-0.3, -0.25) is 4.79 Å². The number of carbonyl (C=O) groups excluding carboxylic acids is 2. The number of aryl methyl sites for hydroxylation is 1. The van der Waals surface area contributed by atoms with E-state index in [1.807, 2.05) is 7.05 Å². The van der Waals surface area contributed by atoms with Crippen molar-refractivity contribution in [2.75, 3.05) is 11.9 Å². The molecule has 8 nitrogen and oxygen atoms in total. The molecule has 2 heterocycles. The Balaban J connectivity index is 2.17. The van der Waals surface area contributed by atoms with Crippen LogP contribution in [0.4, 0.5) is 5.13 Å². The highest BCUT2D eigenvalue weighted by atomic mass is 32.1. The molecule has 0 aromatic carbocycles. The lowest BCUT2D eigenvalue weighted by atomic mass is 10.3. The second-order valence-corrected chi connectivity index (χ2v) is 5.18. The van der Waals surface area contributed by atoms with Crippen molar-refractivity contribution >= 4 is 28.2 Å². The van der Waals surface area contributed by atoms with E-state index in [0.717, 1.165) is 11.3 Å². The van der Waals surface area contributed by atoms with E-state index in [0.29, 0.717) is 17.5 Å². The fourth-order valence-electron chi connectivity index (χ4n) is 1.59. The predicted molar refractivity (Wildman–Crippen MR) is 76.4 cm³/mol. The van der Waals surface area contributed by atoms with E-state index in [-0.39, 0.29) is 23.0 Å². The van der Waals surface area contributed by atoms with Gasteiger partial charge in [0.25, 0.3) is 0 Å². The lowest BCUT2D eigenvalue weighted by molar-refractivity contribution is 0.0517. The number of nitrogens with zero attached hydrogens (tertiary/aromatic N) is 4. The number of hydrogen-bond donors (Lipinski definition) is 1. The number of anilines is 1. The molecule has 0 spiro atoms. The van der Waals surface area contributed by atoms with Gasteiger partial charge in [-0.1, -0.05) is 11.3 Å². The molecule has 0 aliphatic heterocycles. The summed E-state index contributed by atoms with van der Waals surface area (Å²) in [5.41, 5.74) is 0.0508. The van der Waals surface area contributed by atoms with Crippen LogP contribution in [-0.4, -0.2) is 38.1 Å². The minimum atomic E-state index is -0.592. The summed E-state index contributed by atoms with van der Waals surface area (Å²) in [6.07, 6.45) is 1.59. The van der Waals surface area contributed by atoms with E-state index in [4.69, 9.17) is 4.74 Å². The van der Waals surface area contributed by atoms with Crippen LogP contribution in [0.25, 0.3) is 0 Å². The van der Waals surface area contributed by atoms with Crippen LogP contribution in [-0.2, 0) is 18.3 Å². The molecule has 21 heavy (non-hydrogen) atoms. The molecule has 0 amide bonds. The Bertz CT molecular complexity index is 664.